The van der Waals surface area contributed by atoms with Crippen LogP contribution in [0.2, 0.25) is 0 Å². The molecule has 1 amide bonds. The quantitative estimate of drug-likeness (QED) is 0.691. The average Bonchev–Trinajstić information content (AvgIpc) is 2.70. The molecule has 1 aromatic carbocycles. The summed E-state index contributed by atoms with van der Waals surface area (Å²) < 4.78 is 27.6. The van der Waals surface area contributed by atoms with Crippen molar-refractivity contribution in [3.8, 4) is 0 Å². The van der Waals surface area contributed by atoms with Crippen molar-refractivity contribution in [2.45, 2.75) is 49.8 Å². The van der Waals surface area contributed by atoms with Crippen molar-refractivity contribution in [1.29, 1.82) is 0 Å². The lowest BCUT2D eigenvalue weighted by Gasteiger charge is -2.31. The van der Waals surface area contributed by atoms with Crippen LogP contribution in [0.15, 0.2) is 23.1 Å². The highest BCUT2D eigenvalue weighted by Gasteiger charge is 2.32. The van der Waals surface area contributed by atoms with Crippen LogP contribution in [0.4, 0.5) is 0 Å². The third kappa shape index (κ3) is 4.89. The Morgan fingerprint density at radius 3 is 2.52 bits per heavy atom. The molecular formula is C20H31N3O3S. The van der Waals surface area contributed by atoms with Crippen LogP contribution in [0.1, 0.15) is 43.2 Å². The van der Waals surface area contributed by atoms with E-state index in [4.69, 9.17) is 0 Å². The highest BCUT2D eigenvalue weighted by atomic mass is 32.2. The van der Waals surface area contributed by atoms with Crippen LogP contribution < -0.4 is 10.6 Å². The number of benzene rings is 1. The molecule has 0 atom stereocenters. The average molecular weight is 394 g/mol. The minimum Gasteiger partial charge on any atom is -0.356 e. The number of piperidine rings is 1. The Labute approximate surface area is 162 Å². The predicted octanol–water partition coefficient (Wildman–Crippen LogP) is 1.69. The largest absolute Gasteiger partial charge is 0.356 e. The molecule has 0 saturated carbocycles. The van der Waals surface area contributed by atoms with Crippen LogP contribution >= 0.6 is 0 Å². The van der Waals surface area contributed by atoms with Gasteiger partial charge in [-0.15, -0.1) is 0 Å². The van der Waals surface area contributed by atoms with Gasteiger partial charge >= 0.3 is 0 Å². The predicted molar refractivity (Wildman–Crippen MR) is 106 cm³/mol. The number of carbonyl (C=O) groups is 1. The molecule has 0 unspecified atom stereocenters. The van der Waals surface area contributed by atoms with Crippen molar-refractivity contribution in [3.63, 3.8) is 0 Å². The third-order valence-corrected chi connectivity index (χ3v) is 7.58. The van der Waals surface area contributed by atoms with E-state index in [-0.39, 0.29) is 11.8 Å². The molecule has 150 valence electrons. The van der Waals surface area contributed by atoms with E-state index in [0.717, 1.165) is 32.2 Å². The van der Waals surface area contributed by atoms with Gasteiger partial charge in [0.05, 0.1) is 4.90 Å². The summed E-state index contributed by atoms with van der Waals surface area (Å²) in [5, 5.41) is 6.01. The van der Waals surface area contributed by atoms with Gasteiger partial charge in [0.15, 0.2) is 0 Å². The first-order valence-corrected chi connectivity index (χ1v) is 11.5. The fourth-order valence-corrected chi connectivity index (χ4v) is 5.52. The summed E-state index contributed by atoms with van der Waals surface area (Å²) in [6.07, 6.45) is 6.39. The van der Waals surface area contributed by atoms with Crippen molar-refractivity contribution in [3.05, 3.63) is 29.3 Å². The first-order valence-electron chi connectivity index (χ1n) is 10.1. The molecule has 1 aliphatic carbocycles. The molecule has 3 rings (SSSR count). The van der Waals surface area contributed by atoms with Crippen LogP contribution in [0, 0.1) is 5.92 Å². The van der Waals surface area contributed by atoms with Crippen LogP contribution in [0.25, 0.3) is 0 Å². The maximum absolute atomic E-state index is 13.0. The van der Waals surface area contributed by atoms with E-state index in [1.165, 1.54) is 17.5 Å². The Kier molecular flexibility index (Phi) is 6.89. The summed E-state index contributed by atoms with van der Waals surface area (Å²) in [5.41, 5.74) is 2.46. The summed E-state index contributed by atoms with van der Waals surface area (Å²) in [6, 6.07) is 5.59. The van der Waals surface area contributed by atoms with Crippen molar-refractivity contribution >= 4 is 15.9 Å². The molecule has 2 aliphatic rings. The highest BCUT2D eigenvalue weighted by molar-refractivity contribution is 7.89. The molecule has 2 N–H and O–H groups in total. The molecule has 1 heterocycles. The van der Waals surface area contributed by atoms with E-state index in [1.54, 1.807) is 10.4 Å². The molecule has 1 aliphatic heterocycles. The van der Waals surface area contributed by atoms with E-state index in [0.29, 0.717) is 37.4 Å². The van der Waals surface area contributed by atoms with Crippen LogP contribution in [0.5, 0.6) is 0 Å². The van der Waals surface area contributed by atoms with Crippen LogP contribution in [-0.2, 0) is 27.7 Å². The van der Waals surface area contributed by atoms with Crippen molar-refractivity contribution in [2.24, 2.45) is 5.92 Å². The van der Waals surface area contributed by atoms with Gasteiger partial charge in [-0.1, -0.05) is 6.07 Å². The molecular weight excluding hydrogens is 362 g/mol. The maximum Gasteiger partial charge on any atom is 0.243 e. The fraction of sp³-hybridized carbons (Fsp3) is 0.650. The van der Waals surface area contributed by atoms with Gasteiger partial charge in [-0.2, -0.15) is 4.31 Å². The number of amides is 1. The Hall–Kier alpha value is -1.44. The van der Waals surface area contributed by atoms with Crippen molar-refractivity contribution < 1.29 is 13.2 Å². The Morgan fingerprint density at radius 1 is 1.11 bits per heavy atom. The number of hydrogen-bond donors (Lipinski definition) is 2. The molecule has 0 spiro atoms. The molecule has 7 heteroatoms. The Balaban J connectivity index is 1.57. The molecule has 0 aromatic heterocycles. The molecule has 1 saturated heterocycles. The Bertz CT molecular complexity index is 756. The minimum absolute atomic E-state index is 0.0527. The zero-order valence-electron chi connectivity index (χ0n) is 16.2. The number of aryl methyl sites for hydroxylation is 2. The molecule has 27 heavy (non-hydrogen) atoms. The van der Waals surface area contributed by atoms with E-state index >= 15 is 0 Å². The van der Waals surface area contributed by atoms with Gasteiger partial charge in [0.25, 0.3) is 0 Å². The fourth-order valence-electron chi connectivity index (χ4n) is 4.00. The lowest BCUT2D eigenvalue weighted by Crippen LogP contribution is -2.43. The van der Waals surface area contributed by atoms with Crippen molar-refractivity contribution in [1.82, 2.24) is 14.9 Å². The van der Waals surface area contributed by atoms with Gasteiger partial charge in [0.2, 0.25) is 15.9 Å². The molecule has 0 radical (unpaired) electrons. The van der Waals surface area contributed by atoms with E-state index in [9.17, 15) is 13.2 Å². The summed E-state index contributed by atoms with van der Waals surface area (Å²) in [6.45, 7) is 2.35. The molecule has 6 nitrogen and oxygen atoms in total. The normalized spacial score (nSPS) is 18.9. The number of hydrogen-bond acceptors (Lipinski definition) is 4. The molecule has 1 fully saturated rings. The third-order valence-electron chi connectivity index (χ3n) is 5.69. The number of rotatable bonds is 7. The van der Waals surface area contributed by atoms with Gasteiger partial charge in [-0.05, 0) is 81.8 Å². The van der Waals surface area contributed by atoms with Gasteiger partial charge in [-0.25, -0.2) is 8.42 Å². The van der Waals surface area contributed by atoms with Crippen LogP contribution in [-0.4, -0.2) is 51.9 Å². The van der Waals surface area contributed by atoms with E-state index < -0.39 is 10.0 Å². The summed E-state index contributed by atoms with van der Waals surface area (Å²) in [7, 11) is -1.59. The summed E-state index contributed by atoms with van der Waals surface area (Å²) in [5.74, 6) is -0.0356. The monoisotopic (exact) mass is 393 g/mol. The number of nitrogens with one attached hydrogen (secondary N) is 2. The highest BCUT2D eigenvalue weighted by Crippen LogP contribution is 2.28. The van der Waals surface area contributed by atoms with Gasteiger partial charge in [0.1, 0.15) is 0 Å². The van der Waals surface area contributed by atoms with E-state index in [2.05, 4.69) is 10.6 Å². The molecule has 0 bridgehead atoms. The number of carbonyl (C=O) groups excluding carboxylic acids is 1. The minimum atomic E-state index is -3.48. The zero-order chi connectivity index (χ0) is 19.3. The second kappa shape index (κ2) is 9.17. The maximum atomic E-state index is 13.0. The van der Waals surface area contributed by atoms with Crippen molar-refractivity contribution in [2.75, 3.05) is 33.2 Å². The number of sulfonamides is 1. The standard InChI is InChI=1S/C20H31N3O3S/c1-21-11-4-12-22-20(24)17-9-13-23(14-10-17)27(25,26)19-8-7-16-5-2-3-6-18(16)15-19/h7-8,15,17,21H,2-6,9-14H2,1H3,(H,22,24). The Morgan fingerprint density at radius 2 is 1.81 bits per heavy atom. The summed E-state index contributed by atoms with van der Waals surface area (Å²) in [4.78, 5) is 12.6. The van der Waals surface area contributed by atoms with E-state index in [1.807, 2.05) is 19.2 Å². The van der Waals surface area contributed by atoms with Gasteiger partial charge in [0, 0.05) is 25.6 Å². The first kappa shape index (κ1) is 20.3. The first-order chi connectivity index (χ1) is 13.0. The lowest BCUT2D eigenvalue weighted by atomic mass is 9.92. The van der Waals surface area contributed by atoms with Crippen LogP contribution in [0.3, 0.4) is 0 Å². The van der Waals surface area contributed by atoms with Gasteiger partial charge in [-0.3, -0.25) is 4.79 Å². The lowest BCUT2D eigenvalue weighted by molar-refractivity contribution is -0.126. The second-order valence-electron chi connectivity index (χ2n) is 7.56. The number of fused-ring (bicyclic) bond motifs is 1. The summed E-state index contributed by atoms with van der Waals surface area (Å²) >= 11 is 0. The molecule has 1 aromatic rings. The van der Waals surface area contributed by atoms with Gasteiger partial charge < -0.3 is 10.6 Å². The number of nitrogens with zero attached hydrogens (tertiary/aromatic N) is 1. The SMILES string of the molecule is CNCCCNC(=O)C1CCN(S(=O)(=O)c2ccc3c(c2)CCCC3)CC1. The second-order valence-corrected chi connectivity index (χ2v) is 9.50. The topological polar surface area (TPSA) is 78.5 Å². The smallest absolute Gasteiger partial charge is 0.243 e. The zero-order valence-corrected chi connectivity index (χ0v) is 17.0.